The molecule has 0 spiro atoms. The van der Waals surface area contributed by atoms with Gasteiger partial charge in [-0.05, 0) is 12.8 Å². The first-order chi connectivity index (χ1) is 12.5. The zero-order chi connectivity index (χ0) is 18.7. The molecule has 3 rings (SSSR count). The van der Waals surface area contributed by atoms with E-state index >= 15 is 0 Å². The maximum Gasteiger partial charge on any atom is 0.287 e. The van der Waals surface area contributed by atoms with Gasteiger partial charge in [-0.15, -0.1) is 0 Å². The van der Waals surface area contributed by atoms with Gasteiger partial charge >= 0.3 is 0 Å². The first-order valence-corrected chi connectivity index (χ1v) is 8.86. The summed E-state index contributed by atoms with van der Waals surface area (Å²) in [5, 5.41) is 7.84. The molecule has 1 N–H and O–H groups in total. The second-order valence-corrected chi connectivity index (χ2v) is 6.66. The van der Waals surface area contributed by atoms with Gasteiger partial charge in [-0.3, -0.25) is 4.79 Å². The molecule has 26 heavy (non-hydrogen) atoms. The Balaban J connectivity index is 1.66. The summed E-state index contributed by atoms with van der Waals surface area (Å²) in [5.41, 5.74) is 1.40. The van der Waals surface area contributed by atoms with Crippen LogP contribution in [0.2, 0.25) is 5.02 Å². The summed E-state index contributed by atoms with van der Waals surface area (Å²) in [6.07, 6.45) is 3.50. The number of methoxy groups -OCH3 is 2. The van der Waals surface area contributed by atoms with Gasteiger partial charge in [-0.25, -0.2) is 4.68 Å². The Bertz CT molecular complexity index is 809. The van der Waals surface area contributed by atoms with Crippen LogP contribution in [-0.4, -0.2) is 43.1 Å². The van der Waals surface area contributed by atoms with Gasteiger partial charge in [0.2, 0.25) is 0 Å². The van der Waals surface area contributed by atoms with Crippen molar-refractivity contribution in [3.63, 3.8) is 0 Å². The van der Waals surface area contributed by atoms with Crippen molar-refractivity contribution in [1.82, 2.24) is 9.78 Å². The molecule has 2 heterocycles. The maximum atomic E-state index is 12.0. The lowest BCUT2D eigenvalue weighted by atomic mass is 10.0. The van der Waals surface area contributed by atoms with E-state index in [-0.39, 0.29) is 10.6 Å². The van der Waals surface area contributed by atoms with E-state index in [1.54, 1.807) is 27.5 Å². The topological polar surface area (TPSA) is 68.6 Å². The van der Waals surface area contributed by atoms with Crippen LogP contribution in [0.3, 0.4) is 0 Å². The smallest absolute Gasteiger partial charge is 0.287 e. The van der Waals surface area contributed by atoms with E-state index in [0.717, 1.165) is 43.1 Å². The summed E-state index contributed by atoms with van der Waals surface area (Å²) in [6, 6.07) is 6.08. The minimum Gasteiger partial charge on any atom is -0.497 e. The Labute approximate surface area is 157 Å². The molecule has 0 atom stereocenters. The predicted octanol–water partition coefficient (Wildman–Crippen LogP) is 2.53. The third kappa shape index (κ3) is 3.88. The number of nitrogens with one attached hydrogen (secondary N) is 1. The normalized spacial score (nSPS) is 15.0. The van der Waals surface area contributed by atoms with Gasteiger partial charge in [0.1, 0.15) is 16.5 Å². The summed E-state index contributed by atoms with van der Waals surface area (Å²) < 4.78 is 11.9. The number of ether oxygens (including phenoxy) is 2. The van der Waals surface area contributed by atoms with Crippen LogP contribution < -0.4 is 25.2 Å². The first-order valence-electron chi connectivity index (χ1n) is 8.48. The van der Waals surface area contributed by atoms with Crippen molar-refractivity contribution in [3.05, 3.63) is 39.8 Å². The van der Waals surface area contributed by atoms with Crippen molar-refractivity contribution in [3.8, 4) is 11.5 Å². The van der Waals surface area contributed by atoms with Gasteiger partial charge in [-0.1, -0.05) is 11.6 Å². The molecule has 1 fully saturated rings. The summed E-state index contributed by atoms with van der Waals surface area (Å²) in [4.78, 5) is 14.1. The summed E-state index contributed by atoms with van der Waals surface area (Å²) in [5.74, 6) is 1.50. The largest absolute Gasteiger partial charge is 0.497 e. The maximum absolute atomic E-state index is 12.0. The molecule has 1 aliphatic rings. The molecule has 1 aromatic carbocycles. The van der Waals surface area contributed by atoms with Crippen LogP contribution in [0.1, 0.15) is 12.8 Å². The monoisotopic (exact) mass is 378 g/mol. The first kappa shape index (κ1) is 18.4. The molecular weight excluding hydrogens is 356 g/mol. The molecule has 1 saturated heterocycles. The van der Waals surface area contributed by atoms with E-state index in [2.05, 4.69) is 15.3 Å². The number of nitrogens with zero attached hydrogens (tertiary/aromatic N) is 3. The molecule has 0 radical (unpaired) electrons. The molecule has 0 unspecified atom stereocenters. The Hall–Kier alpha value is -2.41. The van der Waals surface area contributed by atoms with Gasteiger partial charge in [-0.2, -0.15) is 5.10 Å². The highest BCUT2D eigenvalue weighted by molar-refractivity contribution is 6.33. The van der Waals surface area contributed by atoms with Crippen LogP contribution in [0.15, 0.2) is 29.2 Å². The fraction of sp³-hybridized carbons (Fsp3) is 0.444. The van der Waals surface area contributed by atoms with Gasteiger partial charge in [0.25, 0.3) is 5.56 Å². The number of aromatic nitrogens is 2. The molecule has 0 bridgehead atoms. The van der Waals surface area contributed by atoms with Crippen LogP contribution >= 0.6 is 11.6 Å². The van der Waals surface area contributed by atoms with Crippen molar-refractivity contribution >= 4 is 23.0 Å². The Morgan fingerprint density at radius 3 is 2.35 bits per heavy atom. The lowest BCUT2D eigenvalue weighted by Crippen LogP contribution is -2.40. The van der Waals surface area contributed by atoms with Gasteiger partial charge in [0.05, 0.1) is 26.1 Å². The molecule has 0 saturated carbocycles. The molecule has 2 aromatic rings. The zero-order valence-corrected chi connectivity index (χ0v) is 15.9. The lowest BCUT2D eigenvalue weighted by Gasteiger charge is -2.34. The highest BCUT2D eigenvalue weighted by Gasteiger charge is 2.22. The van der Waals surface area contributed by atoms with E-state index in [1.165, 1.54) is 4.68 Å². The van der Waals surface area contributed by atoms with E-state index in [9.17, 15) is 4.79 Å². The van der Waals surface area contributed by atoms with Crippen molar-refractivity contribution in [2.75, 3.05) is 37.5 Å². The zero-order valence-electron chi connectivity index (χ0n) is 15.2. The van der Waals surface area contributed by atoms with E-state index in [1.807, 2.05) is 18.2 Å². The fourth-order valence-electron chi connectivity index (χ4n) is 3.11. The van der Waals surface area contributed by atoms with Crippen molar-refractivity contribution in [2.45, 2.75) is 18.9 Å². The van der Waals surface area contributed by atoms with Crippen molar-refractivity contribution < 1.29 is 9.47 Å². The van der Waals surface area contributed by atoms with Crippen molar-refractivity contribution in [1.29, 1.82) is 0 Å². The van der Waals surface area contributed by atoms with E-state index in [0.29, 0.717) is 11.7 Å². The van der Waals surface area contributed by atoms with E-state index in [4.69, 9.17) is 21.1 Å². The van der Waals surface area contributed by atoms with Gasteiger partial charge in [0, 0.05) is 50.1 Å². The molecular formula is C18H23ClN4O3. The summed E-state index contributed by atoms with van der Waals surface area (Å²) >= 11 is 6.21. The highest BCUT2D eigenvalue weighted by Crippen LogP contribution is 2.29. The van der Waals surface area contributed by atoms with Crippen molar-refractivity contribution in [2.24, 2.45) is 7.05 Å². The highest BCUT2D eigenvalue weighted by atomic mass is 35.5. The third-order valence-corrected chi connectivity index (χ3v) is 4.97. The fourth-order valence-corrected chi connectivity index (χ4v) is 3.40. The SMILES string of the molecule is COc1cc(NC2CCN(c3cnn(C)c(=O)c3Cl)CC2)cc(OC)c1. The number of halogens is 1. The van der Waals surface area contributed by atoms with Gasteiger partial charge in [0.15, 0.2) is 0 Å². The second kappa shape index (κ2) is 7.86. The lowest BCUT2D eigenvalue weighted by molar-refractivity contribution is 0.394. The van der Waals surface area contributed by atoms with Crippen LogP contribution in [0.5, 0.6) is 11.5 Å². The molecule has 7 nitrogen and oxygen atoms in total. The quantitative estimate of drug-likeness (QED) is 0.862. The number of hydrogen-bond acceptors (Lipinski definition) is 6. The summed E-state index contributed by atoms with van der Waals surface area (Å²) in [7, 11) is 4.87. The second-order valence-electron chi connectivity index (χ2n) is 6.28. The van der Waals surface area contributed by atoms with Crippen LogP contribution in [-0.2, 0) is 7.05 Å². The molecule has 0 amide bonds. The van der Waals surface area contributed by atoms with E-state index < -0.39 is 0 Å². The van der Waals surface area contributed by atoms with Gasteiger partial charge < -0.3 is 19.7 Å². The number of rotatable bonds is 5. The average molecular weight is 379 g/mol. The molecule has 8 heteroatoms. The van der Waals surface area contributed by atoms with Crippen LogP contribution in [0, 0.1) is 0 Å². The number of anilines is 2. The molecule has 140 valence electrons. The van der Waals surface area contributed by atoms with Crippen LogP contribution in [0.25, 0.3) is 0 Å². The Morgan fingerprint density at radius 2 is 1.77 bits per heavy atom. The number of aryl methyl sites for hydroxylation is 1. The third-order valence-electron chi connectivity index (χ3n) is 4.62. The minimum atomic E-state index is -0.270. The Kier molecular flexibility index (Phi) is 5.56. The number of piperidine rings is 1. The van der Waals surface area contributed by atoms with Crippen LogP contribution in [0.4, 0.5) is 11.4 Å². The molecule has 0 aliphatic carbocycles. The standard InChI is InChI=1S/C18H23ClN4O3/c1-22-18(24)17(19)16(11-20-22)23-6-4-12(5-7-23)21-13-8-14(25-2)10-15(9-13)26-3/h8-12,21H,4-7H2,1-3H3. The Morgan fingerprint density at radius 1 is 1.15 bits per heavy atom. The minimum absolute atomic E-state index is 0.228. The average Bonchev–Trinajstić information content (AvgIpc) is 2.67. The predicted molar refractivity (Wildman–Crippen MR) is 103 cm³/mol. The molecule has 1 aromatic heterocycles. The molecule has 1 aliphatic heterocycles. The number of benzene rings is 1. The number of hydrogen-bond donors (Lipinski definition) is 1. The summed E-state index contributed by atoms with van der Waals surface area (Å²) in [6.45, 7) is 1.60.